The van der Waals surface area contributed by atoms with E-state index in [4.69, 9.17) is 14.7 Å². The van der Waals surface area contributed by atoms with Crippen LogP contribution >= 0.6 is 11.3 Å². The average Bonchev–Trinajstić information content (AvgIpc) is 3.70. The highest BCUT2D eigenvalue weighted by Crippen LogP contribution is 2.38. The molecule has 13 nitrogen and oxygen atoms in total. The molecular weight excluding hydrogens is 610 g/mol. The number of nitrogens with one attached hydrogen (secondary N) is 1. The molecule has 2 aliphatic rings. The number of ether oxygens (including phenoxy) is 1. The summed E-state index contributed by atoms with van der Waals surface area (Å²) in [6, 6.07) is 11.2. The van der Waals surface area contributed by atoms with Crippen LogP contribution in [0.1, 0.15) is 60.1 Å². The van der Waals surface area contributed by atoms with Crippen LogP contribution in [0.3, 0.4) is 0 Å². The second-order valence-corrected chi connectivity index (χ2v) is 13.4. The van der Waals surface area contributed by atoms with Gasteiger partial charge in [-0.05, 0) is 63.8 Å². The van der Waals surface area contributed by atoms with Gasteiger partial charge in [0.05, 0.1) is 30.5 Å². The van der Waals surface area contributed by atoms with E-state index in [1.165, 1.54) is 4.57 Å². The number of carboxylic acids is 1. The number of thiazole rings is 1. The monoisotopic (exact) mass is 645 g/mol. The smallest absolute Gasteiger partial charge is 0.418 e. The zero-order chi connectivity index (χ0) is 32.7. The molecule has 2 aliphatic heterocycles. The zero-order valence-electron chi connectivity index (χ0n) is 26.0. The second-order valence-electron chi connectivity index (χ2n) is 12.4. The Balaban J connectivity index is 1.29. The van der Waals surface area contributed by atoms with E-state index < -0.39 is 17.7 Å². The summed E-state index contributed by atoms with van der Waals surface area (Å²) in [6.07, 6.45) is 2.10. The number of hydrogen-bond acceptors (Lipinski definition) is 11. The molecule has 0 atom stereocenters. The lowest BCUT2D eigenvalue weighted by Crippen LogP contribution is -2.37. The van der Waals surface area contributed by atoms with E-state index in [0.717, 1.165) is 22.5 Å². The van der Waals surface area contributed by atoms with Gasteiger partial charge in [-0.1, -0.05) is 35.6 Å². The third-order valence-corrected chi connectivity index (χ3v) is 8.81. The number of aromatic carboxylic acids is 1. The Hall–Kier alpha value is -4.82. The van der Waals surface area contributed by atoms with E-state index in [-0.39, 0.29) is 35.8 Å². The molecule has 1 fully saturated rings. The molecule has 1 amide bonds. The van der Waals surface area contributed by atoms with Crippen molar-refractivity contribution >= 4 is 52.0 Å². The second kappa shape index (κ2) is 12.2. The molecule has 1 saturated heterocycles. The highest BCUT2D eigenvalue weighted by Gasteiger charge is 2.35. The average molecular weight is 646 g/mol. The number of piperidine rings is 1. The fourth-order valence-corrected chi connectivity index (χ4v) is 6.36. The van der Waals surface area contributed by atoms with Crippen LogP contribution in [0, 0.1) is 6.92 Å². The van der Waals surface area contributed by atoms with E-state index in [9.17, 15) is 24.6 Å². The third kappa shape index (κ3) is 6.44. The topological polar surface area (TPSA) is 163 Å². The van der Waals surface area contributed by atoms with Crippen LogP contribution < -0.4 is 15.1 Å². The summed E-state index contributed by atoms with van der Waals surface area (Å²) < 4.78 is 7.01. The number of carbonyl (C=O) groups excluding carboxylic acids is 2. The minimum atomic E-state index is -1.06. The maximum absolute atomic E-state index is 13.5. The third-order valence-electron chi connectivity index (χ3n) is 7.75. The van der Waals surface area contributed by atoms with Gasteiger partial charge in [0.15, 0.2) is 5.13 Å². The Morgan fingerprint density at radius 2 is 1.76 bits per heavy atom. The molecule has 5 heterocycles. The quantitative estimate of drug-likeness (QED) is 0.248. The van der Waals surface area contributed by atoms with Gasteiger partial charge >= 0.3 is 12.1 Å². The molecule has 6 rings (SSSR count). The molecule has 14 heteroatoms. The lowest BCUT2D eigenvalue weighted by molar-refractivity contribution is -0.117. The maximum atomic E-state index is 13.5. The molecule has 3 aromatic heterocycles. The Bertz CT molecular complexity index is 1800. The van der Waals surface area contributed by atoms with Crippen LogP contribution in [0.2, 0.25) is 0 Å². The molecule has 46 heavy (non-hydrogen) atoms. The lowest BCUT2D eigenvalue weighted by Gasteiger charge is -2.31. The number of amides is 1. The van der Waals surface area contributed by atoms with Gasteiger partial charge in [-0.2, -0.15) is 9.97 Å². The molecular formula is C32H35N7O6S. The molecule has 4 aromatic rings. The minimum Gasteiger partial charge on any atom is -0.477 e. The maximum Gasteiger partial charge on any atom is 0.418 e. The number of aryl methyl sites for hydroxylation is 1. The Morgan fingerprint density at radius 3 is 2.41 bits per heavy atom. The number of fused-ring (bicyclic) bond motifs is 1. The van der Waals surface area contributed by atoms with Gasteiger partial charge < -0.3 is 19.8 Å². The SMILES string of the molecule is Cc1nc(Nc2nc(N3CCC(O)CC3)c3c(n2)N(Cc2ccc(-c4cccn4C(=O)OC(C)(C)C)cc2)C(=O)C3)sc1C(=O)O. The van der Waals surface area contributed by atoms with E-state index in [1.807, 2.05) is 51.1 Å². The van der Waals surface area contributed by atoms with Gasteiger partial charge in [-0.25, -0.2) is 14.6 Å². The Morgan fingerprint density at radius 1 is 1.07 bits per heavy atom. The van der Waals surface area contributed by atoms with Crippen molar-refractivity contribution in [3.05, 3.63) is 64.3 Å². The minimum absolute atomic E-state index is 0.118. The first-order chi connectivity index (χ1) is 21.9. The van der Waals surface area contributed by atoms with Crippen molar-refractivity contribution in [1.82, 2.24) is 19.5 Å². The van der Waals surface area contributed by atoms with Crippen LogP contribution in [-0.4, -0.2) is 72.5 Å². The van der Waals surface area contributed by atoms with Crippen LogP contribution in [0.25, 0.3) is 11.3 Å². The summed E-state index contributed by atoms with van der Waals surface area (Å²) in [6.45, 7) is 8.49. The predicted octanol–water partition coefficient (Wildman–Crippen LogP) is 4.99. The van der Waals surface area contributed by atoms with Crippen LogP contribution in [0.5, 0.6) is 0 Å². The molecule has 0 radical (unpaired) electrons. The van der Waals surface area contributed by atoms with E-state index >= 15 is 0 Å². The summed E-state index contributed by atoms with van der Waals surface area (Å²) >= 11 is 0.987. The van der Waals surface area contributed by atoms with Crippen LogP contribution in [0.4, 0.5) is 27.5 Å². The number of rotatable bonds is 7. The van der Waals surface area contributed by atoms with Crippen molar-refractivity contribution in [3.8, 4) is 11.3 Å². The summed E-state index contributed by atoms with van der Waals surface area (Å²) in [4.78, 5) is 55.4. The molecule has 0 spiro atoms. The number of aliphatic hydroxyl groups is 1. The number of benzene rings is 1. The lowest BCUT2D eigenvalue weighted by atomic mass is 10.1. The first-order valence-corrected chi connectivity index (χ1v) is 15.8. The highest BCUT2D eigenvalue weighted by atomic mass is 32.1. The fourth-order valence-electron chi connectivity index (χ4n) is 5.56. The molecule has 1 aromatic carbocycles. The number of hydrogen-bond donors (Lipinski definition) is 3. The normalized spacial score (nSPS) is 15.3. The van der Waals surface area contributed by atoms with Crippen LogP contribution in [0.15, 0.2) is 42.6 Å². The van der Waals surface area contributed by atoms with Crippen molar-refractivity contribution in [3.63, 3.8) is 0 Å². The first-order valence-electron chi connectivity index (χ1n) is 15.0. The molecule has 0 saturated carbocycles. The Labute approximate surface area is 269 Å². The van der Waals surface area contributed by atoms with Crippen LogP contribution in [-0.2, 0) is 22.5 Å². The van der Waals surface area contributed by atoms with E-state index in [0.29, 0.717) is 59.6 Å². The van der Waals surface area contributed by atoms with Gasteiger partial charge in [0, 0.05) is 24.8 Å². The Kier molecular flexibility index (Phi) is 8.25. The van der Waals surface area contributed by atoms with Crippen molar-refractivity contribution in [2.45, 2.75) is 65.2 Å². The van der Waals surface area contributed by atoms with Crippen molar-refractivity contribution in [2.75, 3.05) is 28.2 Å². The van der Waals surface area contributed by atoms with Gasteiger partial charge in [0.1, 0.15) is 22.1 Å². The molecule has 0 unspecified atom stereocenters. The number of carbonyl (C=O) groups is 3. The number of aromatic nitrogens is 4. The van der Waals surface area contributed by atoms with Gasteiger partial charge in [0.2, 0.25) is 11.9 Å². The van der Waals surface area contributed by atoms with Gasteiger partial charge in [-0.3, -0.25) is 19.6 Å². The largest absolute Gasteiger partial charge is 0.477 e. The number of aliphatic hydroxyl groups excluding tert-OH is 1. The highest BCUT2D eigenvalue weighted by molar-refractivity contribution is 7.17. The summed E-state index contributed by atoms with van der Waals surface area (Å²) in [5.74, 6) is 0.0918. The molecule has 240 valence electrons. The van der Waals surface area contributed by atoms with E-state index in [2.05, 4.69) is 15.2 Å². The first kappa shape index (κ1) is 31.2. The summed E-state index contributed by atoms with van der Waals surface area (Å²) in [5.41, 5.74) is 2.82. The number of nitrogens with zero attached hydrogens (tertiary/aromatic N) is 6. The van der Waals surface area contributed by atoms with Crippen molar-refractivity contribution in [1.29, 1.82) is 0 Å². The van der Waals surface area contributed by atoms with Crippen molar-refractivity contribution in [2.24, 2.45) is 0 Å². The standard InChI is InChI=1S/C32H35N7O6S/c1-18-25(28(42)43)46-30(33-18)36-29-34-26(37-14-11-21(40)12-15-37)22-16-24(41)39(27(22)35-29)17-19-7-9-20(10-8-19)23-6-5-13-38(23)31(44)45-32(2,3)4/h5-10,13,21,40H,11-12,14-17H2,1-4H3,(H,42,43)(H,33,34,35,36). The number of anilines is 4. The molecule has 3 N–H and O–H groups in total. The van der Waals surface area contributed by atoms with Gasteiger partial charge in [-0.15, -0.1) is 0 Å². The van der Waals surface area contributed by atoms with E-state index in [1.54, 1.807) is 24.1 Å². The molecule has 0 bridgehead atoms. The fraction of sp³-hybridized carbons (Fsp3) is 0.375. The number of carboxylic acid groups (broad SMARTS) is 1. The molecule has 0 aliphatic carbocycles. The summed E-state index contributed by atoms with van der Waals surface area (Å²) in [7, 11) is 0. The van der Waals surface area contributed by atoms with Crippen molar-refractivity contribution < 1.29 is 29.3 Å². The zero-order valence-corrected chi connectivity index (χ0v) is 26.8. The predicted molar refractivity (Wildman–Crippen MR) is 173 cm³/mol. The summed E-state index contributed by atoms with van der Waals surface area (Å²) in [5, 5.41) is 23.0. The van der Waals surface area contributed by atoms with Gasteiger partial charge in [0.25, 0.3) is 0 Å².